The molecular formula is C15H23NO3. The lowest BCUT2D eigenvalue weighted by molar-refractivity contribution is -0.121. The summed E-state index contributed by atoms with van der Waals surface area (Å²) in [5, 5.41) is 12.0. The zero-order valence-corrected chi connectivity index (χ0v) is 12.1. The van der Waals surface area contributed by atoms with Gasteiger partial charge in [0.1, 0.15) is 5.75 Å². The normalized spacial score (nSPS) is 12.3. The molecule has 0 fully saturated rings. The molecule has 1 aromatic rings. The summed E-state index contributed by atoms with van der Waals surface area (Å²) in [7, 11) is 1.62. The summed E-state index contributed by atoms with van der Waals surface area (Å²) in [6.07, 6.45) is 0.292. The summed E-state index contributed by atoms with van der Waals surface area (Å²) >= 11 is 0. The van der Waals surface area contributed by atoms with Crippen LogP contribution in [0.3, 0.4) is 0 Å². The van der Waals surface area contributed by atoms with Crippen LogP contribution in [0.4, 0.5) is 0 Å². The highest BCUT2D eigenvalue weighted by Crippen LogP contribution is 2.19. The number of aliphatic hydroxyl groups is 1. The van der Waals surface area contributed by atoms with Gasteiger partial charge in [-0.05, 0) is 30.0 Å². The molecule has 0 aliphatic heterocycles. The molecule has 1 rings (SSSR count). The number of carbonyl (C=O) groups is 1. The molecule has 0 bridgehead atoms. The second kappa shape index (κ2) is 7.14. The number of amides is 1. The average molecular weight is 265 g/mol. The smallest absolute Gasteiger partial charge is 0.224 e. The Morgan fingerprint density at radius 2 is 2.11 bits per heavy atom. The Hall–Kier alpha value is -1.55. The van der Waals surface area contributed by atoms with E-state index in [1.54, 1.807) is 7.11 Å². The summed E-state index contributed by atoms with van der Waals surface area (Å²) < 4.78 is 5.24. The van der Waals surface area contributed by atoms with Crippen molar-refractivity contribution in [3.8, 4) is 5.75 Å². The number of nitrogens with one attached hydrogen (secondary N) is 1. The zero-order chi connectivity index (χ0) is 14.4. The van der Waals surface area contributed by atoms with Crippen LogP contribution in [0, 0.1) is 12.8 Å². The van der Waals surface area contributed by atoms with Crippen LogP contribution in [0.25, 0.3) is 0 Å². The molecule has 4 nitrogen and oxygen atoms in total. The van der Waals surface area contributed by atoms with Gasteiger partial charge in [0, 0.05) is 0 Å². The molecule has 106 valence electrons. The molecule has 2 N–H and O–H groups in total. The highest BCUT2D eigenvalue weighted by Gasteiger charge is 2.15. The SMILES string of the molecule is COc1cc(CC(=O)N[C@H](CO)C(C)C)ccc1C. The maximum atomic E-state index is 11.9. The summed E-state index contributed by atoms with van der Waals surface area (Å²) in [5.41, 5.74) is 1.95. The molecule has 1 aromatic carbocycles. The van der Waals surface area contributed by atoms with Crippen LogP contribution in [0.15, 0.2) is 18.2 Å². The molecule has 19 heavy (non-hydrogen) atoms. The lowest BCUT2D eigenvalue weighted by Crippen LogP contribution is -2.41. The molecule has 0 saturated heterocycles. The van der Waals surface area contributed by atoms with Crippen LogP contribution in [-0.2, 0) is 11.2 Å². The first-order chi connectivity index (χ1) is 8.97. The summed E-state index contributed by atoms with van der Waals surface area (Å²) in [4.78, 5) is 11.9. The molecule has 1 amide bonds. The van der Waals surface area contributed by atoms with Crippen LogP contribution in [0.2, 0.25) is 0 Å². The lowest BCUT2D eigenvalue weighted by Gasteiger charge is -2.20. The van der Waals surface area contributed by atoms with Crippen LogP contribution in [-0.4, -0.2) is 30.8 Å². The Morgan fingerprint density at radius 1 is 1.42 bits per heavy atom. The summed E-state index contributed by atoms with van der Waals surface area (Å²) in [5.74, 6) is 0.910. The van der Waals surface area contributed by atoms with E-state index in [0.717, 1.165) is 16.9 Å². The molecule has 0 spiro atoms. The van der Waals surface area contributed by atoms with Crippen molar-refractivity contribution in [1.29, 1.82) is 0 Å². The third-order valence-electron chi connectivity index (χ3n) is 3.18. The Labute approximate surface area is 114 Å². The predicted octanol–water partition coefficient (Wildman–Crippen LogP) is 1.68. The number of ether oxygens (including phenoxy) is 1. The van der Waals surface area contributed by atoms with Crippen molar-refractivity contribution in [2.24, 2.45) is 5.92 Å². The van der Waals surface area contributed by atoms with Gasteiger partial charge in [-0.15, -0.1) is 0 Å². The molecule has 0 aromatic heterocycles. The summed E-state index contributed by atoms with van der Waals surface area (Å²) in [6, 6.07) is 5.53. The number of benzene rings is 1. The van der Waals surface area contributed by atoms with Gasteiger partial charge < -0.3 is 15.2 Å². The van der Waals surface area contributed by atoms with E-state index in [2.05, 4.69) is 5.32 Å². The van der Waals surface area contributed by atoms with E-state index in [-0.39, 0.29) is 24.5 Å². The van der Waals surface area contributed by atoms with E-state index in [1.807, 2.05) is 39.0 Å². The quantitative estimate of drug-likeness (QED) is 0.822. The first-order valence-corrected chi connectivity index (χ1v) is 6.51. The van der Waals surface area contributed by atoms with Crippen molar-refractivity contribution < 1.29 is 14.6 Å². The minimum atomic E-state index is -0.195. The van der Waals surface area contributed by atoms with Crippen molar-refractivity contribution in [3.05, 3.63) is 29.3 Å². The number of hydrogen-bond acceptors (Lipinski definition) is 3. The largest absolute Gasteiger partial charge is 0.496 e. The van der Waals surface area contributed by atoms with Gasteiger partial charge in [-0.25, -0.2) is 0 Å². The second-order valence-electron chi connectivity index (χ2n) is 5.08. The maximum absolute atomic E-state index is 11.9. The Kier molecular flexibility index (Phi) is 5.83. The summed E-state index contributed by atoms with van der Waals surface area (Å²) in [6.45, 7) is 5.86. The lowest BCUT2D eigenvalue weighted by atomic mass is 10.0. The fraction of sp³-hybridized carbons (Fsp3) is 0.533. The Morgan fingerprint density at radius 3 is 2.63 bits per heavy atom. The van der Waals surface area contributed by atoms with Crippen molar-refractivity contribution in [2.75, 3.05) is 13.7 Å². The Balaban J connectivity index is 2.66. The molecule has 0 unspecified atom stereocenters. The third-order valence-corrected chi connectivity index (χ3v) is 3.18. The number of hydrogen-bond donors (Lipinski definition) is 2. The van der Waals surface area contributed by atoms with Gasteiger partial charge in [0.05, 0.1) is 26.2 Å². The van der Waals surface area contributed by atoms with Gasteiger partial charge in [0.15, 0.2) is 0 Å². The van der Waals surface area contributed by atoms with E-state index < -0.39 is 0 Å². The third kappa shape index (κ3) is 4.56. The van der Waals surface area contributed by atoms with Gasteiger partial charge in [-0.1, -0.05) is 26.0 Å². The van der Waals surface area contributed by atoms with Crippen LogP contribution >= 0.6 is 0 Å². The zero-order valence-electron chi connectivity index (χ0n) is 12.1. The highest BCUT2D eigenvalue weighted by molar-refractivity contribution is 5.79. The second-order valence-corrected chi connectivity index (χ2v) is 5.08. The van der Waals surface area contributed by atoms with Gasteiger partial charge in [0.25, 0.3) is 0 Å². The number of methoxy groups -OCH3 is 1. The van der Waals surface area contributed by atoms with Crippen molar-refractivity contribution in [3.63, 3.8) is 0 Å². The van der Waals surface area contributed by atoms with Gasteiger partial charge in [0.2, 0.25) is 5.91 Å². The molecule has 1 atom stereocenters. The first-order valence-electron chi connectivity index (χ1n) is 6.51. The van der Waals surface area contributed by atoms with Crippen molar-refractivity contribution in [1.82, 2.24) is 5.32 Å². The van der Waals surface area contributed by atoms with Gasteiger partial charge in [-0.2, -0.15) is 0 Å². The number of aryl methyl sites for hydroxylation is 1. The fourth-order valence-corrected chi connectivity index (χ4v) is 1.84. The van der Waals surface area contributed by atoms with E-state index in [0.29, 0.717) is 6.42 Å². The van der Waals surface area contributed by atoms with Gasteiger partial charge in [-0.3, -0.25) is 4.79 Å². The molecule has 0 aliphatic carbocycles. The van der Waals surface area contributed by atoms with Crippen molar-refractivity contribution >= 4 is 5.91 Å². The average Bonchev–Trinajstić information content (AvgIpc) is 2.37. The number of rotatable bonds is 6. The highest BCUT2D eigenvalue weighted by atomic mass is 16.5. The minimum Gasteiger partial charge on any atom is -0.496 e. The van der Waals surface area contributed by atoms with Crippen LogP contribution < -0.4 is 10.1 Å². The van der Waals surface area contributed by atoms with Gasteiger partial charge >= 0.3 is 0 Å². The molecule has 0 aliphatic rings. The molecule has 0 radical (unpaired) electrons. The van der Waals surface area contributed by atoms with Crippen LogP contribution in [0.1, 0.15) is 25.0 Å². The molecular weight excluding hydrogens is 242 g/mol. The molecule has 0 heterocycles. The maximum Gasteiger partial charge on any atom is 0.224 e. The monoisotopic (exact) mass is 265 g/mol. The number of aliphatic hydroxyl groups excluding tert-OH is 1. The minimum absolute atomic E-state index is 0.0410. The standard InChI is InChI=1S/C15H23NO3/c1-10(2)13(9-17)16-15(18)8-12-6-5-11(3)14(7-12)19-4/h5-7,10,13,17H,8-9H2,1-4H3,(H,16,18)/t13-/m1/s1. The molecule has 4 heteroatoms. The fourth-order valence-electron chi connectivity index (χ4n) is 1.84. The van der Waals surface area contributed by atoms with E-state index in [4.69, 9.17) is 4.74 Å². The number of carbonyl (C=O) groups excluding carboxylic acids is 1. The van der Waals surface area contributed by atoms with E-state index in [1.165, 1.54) is 0 Å². The topological polar surface area (TPSA) is 58.6 Å². The first kappa shape index (κ1) is 15.5. The van der Waals surface area contributed by atoms with Crippen molar-refractivity contribution in [2.45, 2.75) is 33.2 Å². The van der Waals surface area contributed by atoms with Crippen LogP contribution in [0.5, 0.6) is 5.75 Å². The predicted molar refractivity (Wildman–Crippen MR) is 75.3 cm³/mol. The molecule has 0 saturated carbocycles. The van der Waals surface area contributed by atoms with E-state index in [9.17, 15) is 9.90 Å². The Bertz CT molecular complexity index is 429. The van der Waals surface area contributed by atoms with E-state index >= 15 is 0 Å².